The second-order valence-corrected chi connectivity index (χ2v) is 4.21. The highest BCUT2D eigenvalue weighted by Crippen LogP contribution is 2.27. The Kier molecular flexibility index (Phi) is 2.79. The molecule has 0 saturated heterocycles. The summed E-state index contributed by atoms with van der Waals surface area (Å²) < 4.78 is 17.0. The summed E-state index contributed by atoms with van der Waals surface area (Å²) in [5, 5.41) is 9.20. The quantitative estimate of drug-likeness (QED) is 0.849. The van der Waals surface area contributed by atoms with E-state index in [0.717, 1.165) is 21.7 Å². The molecule has 0 aliphatic rings. The number of nitrogens with zero attached hydrogens (tertiary/aromatic N) is 1. The van der Waals surface area contributed by atoms with Gasteiger partial charge >= 0.3 is 0 Å². The lowest BCUT2D eigenvalue weighted by atomic mass is 10.1. The van der Waals surface area contributed by atoms with E-state index in [-0.39, 0.29) is 12.4 Å². The van der Waals surface area contributed by atoms with E-state index in [0.29, 0.717) is 0 Å². The van der Waals surface area contributed by atoms with Crippen LogP contribution in [0.15, 0.2) is 24.3 Å². The van der Waals surface area contributed by atoms with Crippen LogP contribution in [0.4, 0.5) is 4.39 Å². The maximum Gasteiger partial charge on any atom is 0.123 e. The number of halogens is 1. The Bertz CT molecular complexity index is 464. The third-order valence-electron chi connectivity index (χ3n) is 2.26. The van der Waals surface area contributed by atoms with Crippen LogP contribution in [-0.4, -0.2) is 9.48 Å². The molecule has 1 heterocycles. The van der Waals surface area contributed by atoms with Crippen LogP contribution in [0.5, 0.6) is 0 Å². The Hall–Kier alpha value is -1.26. The van der Waals surface area contributed by atoms with E-state index in [9.17, 15) is 9.50 Å². The van der Waals surface area contributed by atoms with Gasteiger partial charge in [-0.25, -0.2) is 4.39 Å². The summed E-state index contributed by atoms with van der Waals surface area (Å²) in [5.74, 6) is -0.267. The van der Waals surface area contributed by atoms with Crippen LogP contribution in [0.25, 0.3) is 11.3 Å². The van der Waals surface area contributed by atoms with E-state index in [2.05, 4.69) is 4.37 Å². The molecule has 0 bridgehead atoms. The molecule has 0 aliphatic heterocycles. The number of hydrogen-bond acceptors (Lipinski definition) is 3. The van der Waals surface area contributed by atoms with Gasteiger partial charge in [0.2, 0.25) is 0 Å². The van der Waals surface area contributed by atoms with Crippen molar-refractivity contribution in [3.63, 3.8) is 0 Å². The minimum absolute atomic E-state index is 0.0327. The lowest BCUT2D eigenvalue weighted by Gasteiger charge is -2.00. The molecule has 1 N–H and O–H groups in total. The molecule has 0 radical (unpaired) electrons. The fraction of sp³-hybridized carbons (Fsp3) is 0.182. The molecular weight excluding hydrogens is 213 g/mol. The van der Waals surface area contributed by atoms with Crippen molar-refractivity contribution in [3.05, 3.63) is 40.5 Å². The number of aromatic nitrogens is 1. The van der Waals surface area contributed by atoms with Gasteiger partial charge in [0, 0.05) is 16.0 Å². The molecule has 0 atom stereocenters. The first-order chi connectivity index (χ1) is 7.22. The van der Waals surface area contributed by atoms with Crippen LogP contribution in [0.3, 0.4) is 0 Å². The number of hydrogen-bond donors (Lipinski definition) is 1. The number of aliphatic hydroxyl groups is 1. The van der Waals surface area contributed by atoms with Crippen molar-refractivity contribution in [3.8, 4) is 11.3 Å². The van der Waals surface area contributed by atoms with Gasteiger partial charge in [-0.2, -0.15) is 4.37 Å². The van der Waals surface area contributed by atoms with Crippen molar-refractivity contribution in [2.45, 2.75) is 13.5 Å². The smallest absolute Gasteiger partial charge is 0.123 e. The van der Waals surface area contributed by atoms with Gasteiger partial charge in [-0.1, -0.05) is 0 Å². The molecule has 2 nitrogen and oxygen atoms in total. The van der Waals surface area contributed by atoms with Gasteiger partial charge in [0.05, 0.1) is 12.3 Å². The fourth-order valence-corrected chi connectivity index (χ4v) is 2.13. The maximum atomic E-state index is 12.7. The average Bonchev–Trinajstić information content (AvgIpc) is 2.61. The lowest BCUT2D eigenvalue weighted by molar-refractivity contribution is 0.282. The zero-order valence-electron chi connectivity index (χ0n) is 8.20. The van der Waals surface area contributed by atoms with Gasteiger partial charge in [0.1, 0.15) is 5.82 Å². The molecule has 78 valence electrons. The van der Waals surface area contributed by atoms with Crippen molar-refractivity contribution in [2.75, 3.05) is 0 Å². The second-order valence-electron chi connectivity index (χ2n) is 3.23. The summed E-state index contributed by atoms with van der Waals surface area (Å²) in [5.41, 5.74) is 2.41. The fourth-order valence-electron chi connectivity index (χ4n) is 1.41. The van der Waals surface area contributed by atoms with E-state index >= 15 is 0 Å². The Morgan fingerprint density at radius 3 is 2.60 bits per heavy atom. The molecule has 0 fully saturated rings. The first-order valence-corrected chi connectivity index (χ1v) is 5.31. The van der Waals surface area contributed by atoms with Crippen LogP contribution >= 0.6 is 11.5 Å². The minimum Gasteiger partial charge on any atom is -0.392 e. The molecule has 0 saturated carbocycles. The van der Waals surface area contributed by atoms with Crippen molar-refractivity contribution >= 4 is 11.5 Å². The van der Waals surface area contributed by atoms with Crippen LogP contribution in [-0.2, 0) is 6.61 Å². The van der Waals surface area contributed by atoms with Gasteiger partial charge in [-0.3, -0.25) is 0 Å². The van der Waals surface area contributed by atoms with Gasteiger partial charge in [-0.05, 0) is 42.7 Å². The Morgan fingerprint density at radius 1 is 1.33 bits per heavy atom. The average molecular weight is 223 g/mol. The lowest BCUT2D eigenvalue weighted by Crippen LogP contribution is -1.88. The van der Waals surface area contributed by atoms with Crippen molar-refractivity contribution in [2.24, 2.45) is 0 Å². The molecule has 1 aromatic heterocycles. The molecular formula is C11H10FNOS. The van der Waals surface area contributed by atoms with Crippen LogP contribution in [0, 0.1) is 12.7 Å². The summed E-state index contributed by atoms with van der Waals surface area (Å²) in [6, 6.07) is 6.13. The zero-order chi connectivity index (χ0) is 10.8. The van der Waals surface area contributed by atoms with Gasteiger partial charge in [-0.15, -0.1) is 0 Å². The molecule has 2 rings (SSSR count). The number of aliphatic hydroxyl groups excluding tert-OH is 1. The SMILES string of the molecule is Cc1snc(-c2ccc(F)cc2)c1CO. The second kappa shape index (κ2) is 4.08. The molecule has 0 unspecified atom stereocenters. The van der Waals surface area contributed by atoms with Gasteiger partial charge in [0.15, 0.2) is 0 Å². The van der Waals surface area contributed by atoms with Crippen LogP contribution in [0.2, 0.25) is 0 Å². The molecule has 4 heteroatoms. The minimum atomic E-state index is -0.267. The van der Waals surface area contributed by atoms with E-state index in [4.69, 9.17) is 0 Å². The Labute approximate surface area is 91.2 Å². The first-order valence-electron chi connectivity index (χ1n) is 4.54. The summed E-state index contributed by atoms with van der Waals surface area (Å²) in [4.78, 5) is 0.997. The normalized spacial score (nSPS) is 10.6. The first kappa shape index (κ1) is 10.3. The number of aryl methyl sites for hydroxylation is 1. The largest absolute Gasteiger partial charge is 0.392 e. The van der Waals surface area contributed by atoms with E-state index < -0.39 is 0 Å². The van der Waals surface area contributed by atoms with Crippen LogP contribution in [0.1, 0.15) is 10.4 Å². The predicted molar refractivity (Wildman–Crippen MR) is 58.2 cm³/mol. The van der Waals surface area contributed by atoms with Gasteiger partial charge in [0.25, 0.3) is 0 Å². The van der Waals surface area contributed by atoms with E-state index in [1.807, 2.05) is 6.92 Å². The molecule has 15 heavy (non-hydrogen) atoms. The van der Waals surface area contributed by atoms with Crippen molar-refractivity contribution < 1.29 is 9.50 Å². The molecule has 0 amide bonds. The summed E-state index contributed by atoms with van der Waals surface area (Å²) in [7, 11) is 0. The zero-order valence-corrected chi connectivity index (χ0v) is 9.01. The van der Waals surface area contributed by atoms with Crippen molar-refractivity contribution in [1.82, 2.24) is 4.37 Å². The highest BCUT2D eigenvalue weighted by Gasteiger charge is 2.11. The third-order valence-corrected chi connectivity index (χ3v) is 3.05. The summed E-state index contributed by atoms with van der Waals surface area (Å²) in [6.07, 6.45) is 0. The van der Waals surface area contributed by atoms with Crippen molar-refractivity contribution in [1.29, 1.82) is 0 Å². The van der Waals surface area contributed by atoms with E-state index in [1.165, 1.54) is 23.7 Å². The summed E-state index contributed by atoms with van der Waals surface area (Å²) in [6.45, 7) is 1.88. The maximum absolute atomic E-state index is 12.7. The summed E-state index contributed by atoms with van der Waals surface area (Å²) >= 11 is 1.35. The standard InChI is InChI=1S/C11H10FNOS/c1-7-10(6-14)11(13-15-7)8-2-4-9(12)5-3-8/h2-5,14H,6H2,1H3. The third kappa shape index (κ3) is 1.91. The number of benzene rings is 1. The molecule has 0 spiro atoms. The highest BCUT2D eigenvalue weighted by molar-refractivity contribution is 7.06. The monoisotopic (exact) mass is 223 g/mol. The topological polar surface area (TPSA) is 33.1 Å². The van der Waals surface area contributed by atoms with Gasteiger partial charge < -0.3 is 5.11 Å². The Morgan fingerprint density at radius 2 is 2.00 bits per heavy atom. The Balaban J connectivity index is 2.49. The number of rotatable bonds is 2. The van der Waals surface area contributed by atoms with E-state index in [1.54, 1.807) is 12.1 Å². The highest BCUT2D eigenvalue weighted by atomic mass is 32.1. The molecule has 1 aromatic carbocycles. The molecule has 2 aromatic rings. The van der Waals surface area contributed by atoms with Crippen LogP contribution < -0.4 is 0 Å². The predicted octanol–water partition coefficient (Wildman–Crippen LogP) is 2.75. The molecule has 0 aliphatic carbocycles.